The predicted octanol–water partition coefficient (Wildman–Crippen LogP) is 4.28. The number of aromatic nitrogens is 3. The van der Waals surface area contributed by atoms with Crippen LogP contribution >= 0.6 is 23.1 Å². The molecule has 0 unspecified atom stereocenters. The lowest BCUT2D eigenvalue weighted by atomic mass is 10.1. The normalized spacial score (nSPS) is 11.2. The molecule has 2 heterocycles. The number of benzene rings is 2. The van der Waals surface area contributed by atoms with Gasteiger partial charge in [0.25, 0.3) is 5.56 Å². The van der Waals surface area contributed by atoms with E-state index in [-0.39, 0.29) is 18.1 Å². The van der Waals surface area contributed by atoms with Gasteiger partial charge in [-0.05, 0) is 49.8 Å². The Balaban J connectivity index is 1.83. The van der Waals surface area contributed by atoms with Gasteiger partial charge in [-0.25, -0.2) is 14.3 Å². The summed E-state index contributed by atoms with van der Waals surface area (Å²) in [5, 5.41) is 2.94. The minimum absolute atomic E-state index is 0.241. The van der Waals surface area contributed by atoms with E-state index in [9.17, 15) is 14.4 Å². The molecule has 0 atom stereocenters. The number of thiazole rings is 1. The van der Waals surface area contributed by atoms with Crippen molar-refractivity contribution in [3.63, 3.8) is 0 Å². The van der Waals surface area contributed by atoms with Crippen LogP contribution in [0.3, 0.4) is 0 Å². The number of hydrogen-bond acceptors (Lipinski definition) is 6. The highest BCUT2D eigenvalue weighted by Crippen LogP contribution is 2.27. The minimum Gasteiger partial charge on any atom is -0.324 e. The minimum atomic E-state index is -0.593. The van der Waals surface area contributed by atoms with Crippen LogP contribution in [0.4, 0.5) is 5.69 Å². The second-order valence-corrected chi connectivity index (χ2v) is 10.2. The third-order valence-electron chi connectivity index (χ3n) is 5.19. The average Bonchev–Trinajstić information content (AvgIpc) is 3.19. The van der Waals surface area contributed by atoms with Crippen LogP contribution in [0.2, 0.25) is 0 Å². The fourth-order valence-corrected chi connectivity index (χ4v) is 5.82. The zero-order valence-electron chi connectivity index (χ0n) is 18.8. The van der Waals surface area contributed by atoms with E-state index < -0.39 is 11.2 Å². The van der Waals surface area contributed by atoms with Crippen LogP contribution in [-0.4, -0.2) is 25.8 Å². The molecule has 0 fully saturated rings. The lowest BCUT2D eigenvalue weighted by molar-refractivity contribution is -0.116. The van der Waals surface area contributed by atoms with Crippen LogP contribution in [0, 0.1) is 20.8 Å². The molecular formula is C24H24N4O3S2. The maximum absolute atomic E-state index is 13.4. The van der Waals surface area contributed by atoms with E-state index in [1.807, 2.05) is 45.9 Å². The summed E-state index contributed by atoms with van der Waals surface area (Å²) in [7, 11) is 0. The second-order valence-electron chi connectivity index (χ2n) is 7.73. The van der Waals surface area contributed by atoms with E-state index >= 15 is 0 Å². The van der Waals surface area contributed by atoms with Crippen molar-refractivity contribution in [2.45, 2.75) is 38.6 Å². The van der Waals surface area contributed by atoms with Crippen molar-refractivity contribution >= 4 is 45.0 Å². The molecule has 0 bridgehead atoms. The van der Waals surface area contributed by atoms with E-state index in [2.05, 4.69) is 10.3 Å². The number of aryl methyl sites for hydroxylation is 3. The standard InChI is InChI=1S/C24H24N4O3S2/c1-5-32-23-26-21-20(33-23)22(30)28(17-9-7-6-8-10-17)24(31)27(21)13-18(29)25-19-15(3)11-14(2)12-16(19)4/h6-12H,5,13H2,1-4H3,(H,25,29). The van der Waals surface area contributed by atoms with Crippen molar-refractivity contribution in [3.8, 4) is 5.69 Å². The molecule has 2 aromatic heterocycles. The molecule has 1 amide bonds. The monoisotopic (exact) mass is 480 g/mol. The Bertz CT molecular complexity index is 1450. The Hall–Kier alpha value is -3.17. The van der Waals surface area contributed by atoms with Crippen LogP contribution in [0.15, 0.2) is 56.4 Å². The highest BCUT2D eigenvalue weighted by molar-refractivity contribution is 8.01. The smallest absolute Gasteiger partial charge is 0.324 e. The molecule has 4 aromatic rings. The van der Waals surface area contributed by atoms with Crippen LogP contribution in [0.1, 0.15) is 23.6 Å². The molecule has 2 aromatic carbocycles. The van der Waals surface area contributed by atoms with Crippen molar-refractivity contribution in [1.29, 1.82) is 0 Å². The number of rotatable bonds is 6. The highest BCUT2D eigenvalue weighted by Gasteiger charge is 2.21. The SMILES string of the molecule is CCSc1nc2c(s1)c(=O)n(-c1ccccc1)c(=O)n2CC(=O)Nc1c(C)cc(C)cc1C. The third kappa shape index (κ3) is 4.51. The maximum Gasteiger partial charge on any atom is 0.337 e. The molecule has 0 spiro atoms. The molecule has 1 N–H and O–H groups in total. The predicted molar refractivity (Wildman–Crippen MR) is 135 cm³/mol. The number of nitrogens with one attached hydrogen (secondary N) is 1. The zero-order valence-corrected chi connectivity index (χ0v) is 20.5. The molecule has 33 heavy (non-hydrogen) atoms. The summed E-state index contributed by atoms with van der Waals surface area (Å²) < 4.78 is 3.43. The lowest BCUT2D eigenvalue weighted by Gasteiger charge is -2.14. The van der Waals surface area contributed by atoms with Crippen LogP contribution in [0.5, 0.6) is 0 Å². The van der Waals surface area contributed by atoms with Crippen molar-refractivity contribution in [2.24, 2.45) is 0 Å². The van der Waals surface area contributed by atoms with Crippen molar-refractivity contribution in [3.05, 3.63) is 80.0 Å². The molecular weight excluding hydrogens is 456 g/mol. The molecule has 0 saturated heterocycles. The van der Waals surface area contributed by atoms with Gasteiger partial charge in [0.1, 0.15) is 11.2 Å². The molecule has 4 rings (SSSR count). The molecule has 0 saturated carbocycles. The Labute approximate surface area is 199 Å². The molecule has 0 aliphatic rings. The van der Waals surface area contributed by atoms with Gasteiger partial charge in [0.2, 0.25) is 5.91 Å². The Morgan fingerprint density at radius 2 is 1.76 bits per heavy atom. The largest absolute Gasteiger partial charge is 0.337 e. The Morgan fingerprint density at radius 3 is 2.39 bits per heavy atom. The van der Waals surface area contributed by atoms with Gasteiger partial charge in [-0.3, -0.25) is 14.2 Å². The van der Waals surface area contributed by atoms with Gasteiger partial charge in [-0.15, -0.1) is 11.3 Å². The number of fused-ring (bicyclic) bond motifs is 1. The second kappa shape index (κ2) is 9.36. The molecule has 9 heteroatoms. The zero-order chi connectivity index (χ0) is 23.7. The molecule has 170 valence electrons. The third-order valence-corrected chi connectivity index (χ3v) is 7.25. The Kier molecular flexibility index (Phi) is 6.53. The fraction of sp³-hybridized carbons (Fsp3) is 0.250. The summed E-state index contributed by atoms with van der Waals surface area (Å²) in [6.07, 6.45) is 0. The van der Waals surface area contributed by atoms with Gasteiger partial charge < -0.3 is 5.32 Å². The van der Waals surface area contributed by atoms with Crippen LogP contribution < -0.4 is 16.6 Å². The van der Waals surface area contributed by atoms with Gasteiger partial charge >= 0.3 is 5.69 Å². The van der Waals surface area contributed by atoms with Gasteiger partial charge in [-0.1, -0.05) is 54.6 Å². The van der Waals surface area contributed by atoms with Gasteiger partial charge in [0.05, 0.1) is 5.69 Å². The summed E-state index contributed by atoms with van der Waals surface area (Å²) in [5.74, 6) is 0.424. The summed E-state index contributed by atoms with van der Waals surface area (Å²) in [6, 6.07) is 12.7. The number of thioether (sulfide) groups is 1. The fourth-order valence-electron chi connectivity index (χ4n) is 3.85. The van der Waals surface area contributed by atoms with Crippen molar-refractivity contribution in [1.82, 2.24) is 14.1 Å². The molecule has 0 radical (unpaired) electrons. The molecule has 0 aliphatic heterocycles. The first-order valence-corrected chi connectivity index (χ1v) is 12.3. The van der Waals surface area contributed by atoms with Crippen molar-refractivity contribution in [2.75, 3.05) is 11.1 Å². The van der Waals surface area contributed by atoms with E-state index in [4.69, 9.17) is 0 Å². The summed E-state index contributed by atoms with van der Waals surface area (Å²) in [6.45, 7) is 7.61. The van der Waals surface area contributed by atoms with Gasteiger partial charge in [0.15, 0.2) is 9.99 Å². The van der Waals surface area contributed by atoms with E-state index in [0.717, 1.165) is 32.7 Å². The number of anilines is 1. The summed E-state index contributed by atoms with van der Waals surface area (Å²) in [4.78, 5) is 44.2. The van der Waals surface area contributed by atoms with E-state index in [1.54, 1.807) is 24.3 Å². The first-order chi connectivity index (χ1) is 15.8. The molecule has 0 aliphatic carbocycles. The average molecular weight is 481 g/mol. The number of hydrogen-bond donors (Lipinski definition) is 1. The number of carbonyl (C=O) groups excluding carboxylic acids is 1. The summed E-state index contributed by atoms with van der Waals surface area (Å²) >= 11 is 2.74. The summed E-state index contributed by atoms with van der Waals surface area (Å²) in [5.41, 5.74) is 3.41. The number of nitrogens with zero attached hydrogens (tertiary/aromatic N) is 3. The van der Waals surface area contributed by atoms with E-state index in [0.29, 0.717) is 14.7 Å². The first kappa shape index (κ1) is 23.0. The lowest BCUT2D eigenvalue weighted by Crippen LogP contribution is -2.40. The number of amides is 1. The Morgan fingerprint density at radius 1 is 1.09 bits per heavy atom. The van der Waals surface area contributed by atoms with Crippen LogP contribution in [-0.2, 0) is 11.3 Å². The number of carbonyl (C=O) groups is 1. The number of para-hydroxylation sites is 1. The van der Waals surface area contributed by atoms with Gasteiger partial charge in [-0.2, -0.15) is 0 Å². The van der Waals surface area contributed by atoms with Crippen LogP contribution in [0.25, 0.3) is 16.0 Å². The maximum atomic E-state index is 13.4. The molecule has 7 nitrogen and oxygen atoms in total. The first-order valence-electron chi connectivity index (χ1n) is 10.5. The van der Waals surface area contributed by atoms with Crippen molar-refractivity contribution < 1.29 is 4.79 Å². The quantitative estimate of drug-likeness (QED) is 0.416. The topological polar surface area (TPSA) is 86.0 Å². The van der Waals surface area contributed by atoms with E-state index in [1.165, 1.54) is 27.7 Å². The van der Waals surface area contributed by atoms with Gasteiger partial charge in [0, 0.05) is 5.69 Å². The highest BCUT2D eigenvalue weighted by atomic mass is 32.2.